The second-order valence-electron chi connectivity index (χ2n) is 4.13. The molecule has 8 nitrogen and oxygen atoms in total. The van der Waals surface area contributed by atoms with Gasteiger partial charge in [0, 0.05) is 31.4 Å². The summed E-state index contributed by atoms with van der Waals surface area (Å²) in [5, 5.41) is 6.93. The Morgan fingerprint density at radius 1 is 1.47 bits per heavy atom. The first-order valence-electron chi connectivity index (χ1n) is 5.84. The number of aryl methyl sites for hydroxylation is 1. The molecule has 2 rings (SSSR count). The summed E-state index contributed by atoms with van der Waals surface area (Å²) in [7, 11) is 1.80. The second-order valence-corrected chi connectivity index (χ2v) is 4.13. The molecule has 0 bridgehead atoms. The van der Waals surface area contributed by atoms with Gasteiger partial charge in [0.1, 0.15) is 0 Å². The minimum atomic E-state index is -0.352. The van der Waals surface area contributed by atoms with Crippen molar-refractivity contribution in [1.29, 1.82) is 0 Å². The van der Waals surface area contributed by atoms with Gasteiger partial charge in [0.05, 0.1) is 12.0 Å². The third-order valence-electron chi connectivity index (χ3n) is 3.03. The minimum Gasteiger partial charge on any atom is -0.347 e. The number of nitrogens with one attached hydrogen (secondary N) is 2. The Kier molecular flexibility index (Phi) is 3.63. The largest absolute Gasteiger partial charge is 0.347 e. The first-order chi connectivity index (χ1) is 9.08. The van der Waals surface area contributed by atoms with Crippen LogP contribution in [-0.4, -0.2) is 25.7 Å². The lowest BCUT2D eigenvalue weighted by atomic mass is 10.2. The van der Waals surface area contributed by atoms with Crippen molar-refractivity contribution in [1.82, 2.24) is 19.7 Å². The molecule has 0 saturated heterocycles. The molecule has 0 spiro atoms. The van der Waals surface area contributed by atoms with Crippen molar-refractivity contribution in [2.75, 3.05) is 5.32 Å². The Balaban J connectivity index is 2.27. The molecule has 0 saturated carbocycles. The summed E-state index contributed by atoms with van der Waals surface area (Å²) in [6.07, 6.45) is 1.44. The molecule has 0 radical (unpaired) electrons. The summed E-state index contributed by atoms with van der Waals surface area (Å²) in [6.45, 7) is 2.41. The van der Waals surface area contributed by atoms with Gasteiger partial charge in [0.25, 0.3) is 5.91 Å². The molecule has 8 heteroatoms. The number of nitrogens with two attached hydrogens (primary N) is 2. The highest BCUT2D eigenvalue weighted by Crippen LogP contribution is 2.18. The van der Waals surface area contributed by atoms with Crippen LogP contribution in [0.1, 0.15) is 27.4 Å². The monoisotopic (exact) mass is 263 g/mol. The average molecular weight is 263 g/mol. The number of aromatic amines is 1. The van der Waals surface area contributed by atoms with Crippen LogP contribution < -0.4 is 16.8 Å². The van der Waals surface area contributed by atoms with Gasteiger partial charge in [-0.1, -0.05) is 0 Å². The maximum atomic E-state index is 12.1. The Morgan fingerprint density at radius 2 is 2.21 bits per heavy atom. The van der Waals surface area contributed by atoms with E-state index in [4.69, 9.17) is 11.5 Å². The van der Waals surface area contributed by atoms with Crippen LogP contribution in [-0.2, 0) is 20.1 Å². The van der Waals surface area contributed by atoms with Gasteiger partial charge in [-0.3, -0.25) is 9.48 Å². The van der Waals surface area contributed by atoms with Crippen LogP contribution in [0.15, 0.2) is 6.33 Å². The normalized spacial score (nSPS) is 10.7. The molecule has 0 aromatic carbocycles. The zero-order valence-electron chi connectivity index (χ0n) is 10.9. The molecule has 2 aromatic heterocycles. The van der Waals surface area contributed by atoms with Crippen molar-refractivity contribution in [3.05, 3.63) is 29.0 Å². The molecular formula is C11H17N7O. The van der Waals surface area contributed by atoms with E-state index in [9.17, 15) is 4.79 Å². The molecule has 0 unspecified atom stereocenters. The zero-order valence-corrected chi connectivity index (χ0v) is 10.9. The fourth-order valence-corrected chi connectivity index (χ4v) is 1.84. The molecule has 19 heavy (non-hydrogen) atoms. The van der Waals surface area contributed by atoms with Gasteiger partial charge in [-0.15, -0.1) is 0 Å². The molecule has 2 heterocycles. The molecule has 2 aromatic rings. The number of hydrogen-bond acceptors (Lipinski definition) is 5. The fourth-order valence-electron chi connectivity index (χ4n) is 1.84. The number of nitrogens with zero attached hydrogens (tertiary/aromatic N) is 3. The molecule has 0 fully saturated rings. The lowest BCUT2D eigenvalue weighted by molar-refractivity contribution is 0.102. The lowest BCUT2D eigenvalue weighted by Crippen LogP contribution is -2.17. The van der Waals surface area contributed by atoms with Crippen LogP contribution in [0.2, 0.25) is 0 Å². The van der Waals surface area contributed by atoms with E-state index < -0.39 is 0 Å². The summed E-state index contributed by atoms with van der Waals surface area (Å²) in [6, 6.07) is 0. The summed E-state index contributed by atoms with van der Waals surface area (Å²) < 4.78 is 1.67. The molecule has 1 amide bonds. The van der Waals surface area contributed by atoms with Crippen LogP contribution in [0.5, 0.6) is 0 Å². The molecule has 0 aliphatic carbocycles. The van der Waals surface area contributed by atoms with Crippen LogP contribution in [0.3, 0.4) is 0 Å². The summed E-state index contributed by atoms with van der Waals surface area (Å²) in [5.74, 6) is 0.105. The number of H-pyrrole nitrogens is 1. The molecule has 0 aliphatic heterocycles. The number of imidazole rings is 1. The van der Waals surface area contributed by atoms with Gasteiger partial charge in [0.2, 0.25) is 0 Å². The number of rotatable bonds is 4. The number of amides is 1. The quantitative estimate of drug-likeness (QED) is 0.598. The number of carbonyl (C=O) groups is 1. The number of hydrogen-bond donors (Lipinski definition) is 4. The topological polar surface area (TPSA) is 128 Å². The standard InChI is InChI=1S/C11H17N7O/c1-6-7(3-12)10(17-18(6)2)16-11(19)9-8(4-13)14-5-15-9/h5H,3-4,12-13H2,1-2H3,(H,14,15)(H,16,17,19). The van der Waals surface area contributed by atoms with Crippen LogP contribution in [0.25, 0.3) is 0 Å². The van der Waals surface area contributed by atoms with Gasteiger partial charge in [0.15, 0.2) is 11.5 Å². The van der Waals surface area contributed by atoms with Crippen molar-refractivity contribution in [2.45, 2.75) is 20.0 Å². The first kappa shape index (κ1) is 13.2. The molecule has 102 valence electrons. The Bertz CT molecular complexity index is 598. The maximum absolute atomic E-state index is 12.1. The summed E-state index contributed by atoms with van der Waals surface area (Å²) in [5.41, 5.74) is 13.8. The Hall–Kier alpha value is -2.19. The SMILES string of the molecule is Cc1c(CN)c(NC(=O)c2nc[nH]c2CN)nn1C. The first-order valence-corrected chi connectivity index (χ1v) is 5.84. The van der Waals surface area contributed by atoms with E-state index in [1.165, 1.54) is 6.33 Å². The third-order valence-corrected chi connectivity index (χ3v) is 3.03. The number of carbonyl (C=O) groups excluding carboxylic acids is 1. The molecular weight excluding hydrogens is 246 g/mol. The number of anilines is 1. The second kappa shape index (κ2) is 5.21. The smallest absolute Gasteiger partial charge is 0.277 e. The third kappa shape index (κ3) is 2.35. The van der Waals surface area contributed by atoms with Crippen LogP contribution in [0, 0.1) is 6.92 Å². The van der Waals surface area contributed by atoms with Crippen molar-refractivity contribution < 1.29 is 4.79 Å². The summed E-state index contributed by atoms with van der Waals surface area (Å²) >= 11 is 0. The minimum absolute atomic E-state index is 0.216. The lowest BCUT2D eigenvalue weighted by Gasteiger charge is -2.03. The highest BCUT2D eigenvalue weighted by Gasteiger charge is 2.18. The van der Waals surface area contributed by atoms with E-state index in [2.05, 4.69) is 20.4 Å². The average Bonchev–Trinajstić information content (AvgIpc) is 2.95. The summed E-state index contributed by atoms with van der Waals surface area (Å²) in [4.78, 5) is 18.9. The van der Waals surface area contributed by atoms with E-state index in [-0.39, 0.29) is 18.1 Å². The molecule has 0 aliphatic rings. The van der Waals surface area contributed by atoms with Crippen molar-refractivity contribution in [2.24, 2.45) is 18.5 Å². The predicted molar refractivity (Wildman–Crippen MR) is 70.3 cm³/mol. The van der Waals surface area contributed by atoms with E-state index in [0.717, 1.165) is 11.3 Å². The van der Waals surface area contributed by atoms with Crippen LogP contribution >= 0.6 is 0 Å². The zero-order chi connectivity index (χ0) is 14.0. The van der Waals surface area contributed by atoms with Gasteiger partial charge < -0.3 is 21.8 Å². The van der Waals surface area contributed by atoms with Gasteiger partial charge in [-0.25, -0.2) is 4.98 Å². The van der Waals surface area contributed by atoms with Crippen LogP contribution in [0.4, 0.5) is 5.82 Å². The van der Waals surface area contributed by atoms with Gasteiger partial charge >= 0.3 is 0 Å². The van der Waals surface area contributed by atoms with E-state index in [1.807, 2.05) is 6.92 Å². The molecule has 6 N–H and O–H groups in total. The van der Waals surface area contributed by atoms with Crippen molar-refractivity contribution >= 4 is 11.7 Å². The van der Waals surface area contributed by atoms with E-state index in [0.29, 0.717) is 18.1 Å². The number of aromatic nitrogens is 4. The van der Waals surface area contributed by atoms with E-state index >= 15 is 0 Å². The highest BCUT2D eigenvalue weighted by molar-refractivity contribution is 6.03. The fraction of sp³-hybridized carbons (Fsp3) is 0.364. The Labute approximate surface area is 110 Å². The van der Waals surface area contributed by atoms with Gasteiger partial charge in [-0.05, 0) is 6.92 Å². The Morgan fingerprint density at radius 3 is 2.84 bits per heavy atom. The highest BCUT2D eigenvalue weighted by atomic mass is 16.2. The predicted octanol–water partition coefficient (Wildman–Crippen LogP) is -0.379. The van der Waals surface area contributed by atoms with Gasteiger partial charge in [-0.2, -0.15) is 5.10 Å². The molecule has 0 atom stereocenters. The van der Waals surface area contributed by atoms with Crippen molar-refractivity contribution in [3.63, 3.8) is 0 Å². The van der Waals surface area contributed by atoms with E-state index in [1.54, 1.807) is 11.7 Å². The maximum Gasteiger partial charge on any atom is 0.277 e. The van der Waals surface area contributed by atoms with Crippen molar-refractivity contribution in [3.8, 4) is 0 Å².